The lowest BCUT2D eigenvalue weighted by Crippen LogP contribution is -1.95. The van der Waals surface area contributed by atoms with Gasteiger partial charge in [-0.05, 0) is 30.2 Å². The number of fused-ring (bicyclic) bond motifs is 1. The van der Waals surface area contributed by atoms with Crippen LogP contribution in [0.4, 0.5) is 0 Å². The number of benzene rings is 4. The van der Waals surface area contributed by atoms with Crippen molar-refractivity contribution >= 4 is 28.1 Å². The summed E-state index contributed by atoms with van der Waals surface area (Å²) in [5, 5.41) is 2.48. The van der Waals surface area contributed by atoms with Gasteiger partial charge in [-0.2, -0.15) is 0 Å². The third kappa shape index (κ3) is 3.83. The molecule has 0 fully saturated rings. The molecule has 0 amide bonds. The Morgan fingerprint density at radius 3 is 1.91 bits per heavy atom. The van der Waals surface area contributed by atoms with Gasteiger partial charge in [-0.1, -0.05) is 115 Å². The molecular formula is C33H26N2. The molecule has 4 aromatic carbocycles. The Hall–Kier alpha value is -4.43. The maximum Gasteiger partial charge on any atom is 0.0737 e. The van der Waals surface area contributed by atoms with Crippen molar-refractivity contribution in [2.75, 3.05) is 0 Å². The second-order valence-corrected chi connectivity index (χ2v) is 9.02. The Morgan fingerprint density at radius 1 is 0.629 bits per heavy atom. The molecule has 0 N–H and O–H groups in total. The highest BCUT2D eigenvalue weighted by molar-refractivity contribution is 6.19. The van der Waals surface area contributed by atoms with Crippen LogP contribution in [-0.2, 0) is 7.05 Å². The maximum absolute atomic E-state index is 5.12. The number of allylic oxidation sites excluding steroid dienone is 2. The van der Waals surface area contributed by atoms with E-state index in [9.17, 15) is 0 Å². The molecule has 168 valence electrons. The van der Waals surface area contributed by atoms with Crippen LogP contribution >= 0.6 is 0 Å². The third-order valence-electron chi connectivity index (χ3n) is 6.71. The van der Waals surface area contributed by atoms with E-state index >= 15 is 0 Å². The lowest BCUT2D eigenvalue weighted by atomic mass is 10.0. The number of hydrogen-bond acceptors (Lipinski definition) is 1. The van der Waals surface area contributed by atoms with Crippen molar-refractivity contribution < 1.29 is 0 Å². The van der Waals surface area contributed by atoms with Crippen molar-refractivity contribution in [3.63, 3.8) is 0 Å². The summed E-state index contributed by atoms with van der Waals surface area (Å²) in [5.41, 5.74) is 10.3. The van der Waals surface area contributed by atoms with Gasteiger partial charge in [0, 0.05) is 29.0 Å². The monoisotopic (exact) mass is 450 g/mol. The molecule has 0 saturated heterocycles. The second kappa shape index (κ2) is 8.73. The van der Waals surface area contributed by atoms with E-state index in [1.807, 2.05) is 6.07 Å². The standard InChI is InChI=1S/C33H26N2/c1-23-17-19-26(20-18-23)33-28-16-10-9-15-27(28)32(35(33)2)22-31-29(24-11-5-3-6-12-24)21-30(34-31)25-13-7-4-8-14-25/h3-22H,1-2H3/b31-22-. The lowest BCUT2D eigenvalue weighted by molar-refractivity contribution is 0.928. The summed E-state index contributed by atoms with van der Waals surface area (Å²) in [4.78, 5) is 5.12. The molecule has 0 atom stereocenters. The summed E-state index contributed by atoms with van der Waals surface area (Å²) in [6.45, 7) is 2.13. The molecule has 2 heterocycles. The zero-order chi connectivity index (χ0) is 23.8. The van der Waals surface area contributed by atoms with Gasteiger partial charge in [0.25, 0.3) is 0 Å². The largest absolute Gasteiger partial charge is 0.343 e. The Bertz CT molecular complexity index is 1610. The van der Waals surface area contributed by atoms with Crippen LogP contribution in [0.3, 0.4) is 0 Å². The molecule has 0 unspecified atom stereocenters. The molecule has 0 spiro atoms. The van der Waals surface area contributed by atoms with Crippen molar-refractivity contribution in [3.8, 4) is 11.3 Å². The van der Waals surface area contributed by atoms with Gasteiger partial charge in [0.05, 0.1) is 22.8 Å². The van der Waals surface area contributed by atoms with Gasteiger partial charge >= 0.3 is 0 Å². The Balaban J connectivity index is 1.56. The fraction of sp³-hybridized carbons (Fsp3) is 0.0606. The molecule has 1 aliphatic rings. The van der Waals surface area contributed by atoms with Crippen LogP contribution in [0.15, 0.2) is 126 Å². The predicted molar refractivity (Wildman–Crippen MR) is 148 cm³/mol. The van der Waals surface area contributed by atoms with E-state index in [4.69, 9.17) is 4.99 Å². The molecule has 1 aromatic heterocycles. The Kier molecular flexibility index (Phi) is 5.27. The summed E-state index contributed by atoms with van der Waals surface area (Å²) in [5.74, 6) is 0. The number of rotatable bonds is 4. The maximum atomic E-state index is 5.12. The summed E-state index contributed by atoms with van der Waals surface area (Å²) in [6.07, 6.45) is 4.46. The van der Waals surface area contributed by atoms with Gasteiger partial charge in [0.15, 0.2) is 0 Å². The molecule has 35 heavy (non-hydrogen) atoms. The van der Waals surface area contributed by atoms with E-state index in [0.717, 1.165) is 28.2 Å². The van der Waals surface area contributed by atoms with E-state index in [1.54, 1.807) is 0 Å². The van der Waals surface area contributed by atoms with Gasteiger partial charge in [-0.15, -0.1) is 0 Å². The molecule has 0 radical (unpaired) electrons. The fourth-order valence-corrected chi connectivity index (χ4v) is 4.91. The van der Waals surface area contributed by atoms with Crippen molar-refractivity contribution in [1.29, 1.82) is 0 Å². The van der Waals surface area contributed by atoms with Gasteiger partial charge in [-0.3, -0.25) is 0 Å². The SMILES string of the molecule is Cc1ccc(-c2c3ccccc3c(/C=C3\N=C(c4ccccc4)C=C3c3ccccc3)n2C)cc1. The zero-order valence-electron chi connectivity index (χ0n) is 19.9. The predicted octanol–water partition coefficient (Wildman–Crippen LogP) is 8.08. The first kappa shape index (κ1) is 21.1. The summed E-state index contributed by atoms with van der Waals surface area (Å²) >= 11 is 0. The smallest absolute Gasteiger partial charge is 0.0737 e. The summed E-state index contributed by atoms with van der Waals surface area (Å²) in [6, 6.07) is 38.4. The van der Waals surface area contributed by atoms with Crippen LogP contribution in [0.5, 0.6) is 0 Å². The Labute approximate surface area is 206 Å². The van der Waals surface area contributed by atoms with Crippen molar-refractivity contribution in [2.45, 2.75) is 6.92 Å². The first-order chi connectivity index (χ1) is 17.2. The van der Waals surface area contributed by atoms with Crippen molar-refractivity contribution in [3.05, 3.63) is 143 Å². The quantitative estimate of drug-likeness (QED) is 0.263. The minimum Gasteiger partial charge on any atom is -0.343 e. The van der Waals surface area contributed by atoms with E-state index in [0.29, 0.717) is 0 Å². The summed E-state index contributed by atoms with van der Waals surface area (Å²) in [7, 11) is 2.16. The molecular weight excluding hydrogens is 424 g/mol. The molecule has 2 nitrogen and oxygen atoms in total. The van der Waals surface area contributed by atoms with E-state index in [1.165, 1.54) is 33.2 Å². The average Bonchev–Trinajstić information content (AvgIpc) is 3.45. The number of aliphatic imine (C=N–C) groups is 1. The van der Waals surface area contributed by atoms with Crippen LogP contribution < -0.4 is 0 Å². The molecule has 0 aliphatic carbocycles. The number of hydrogen-bond donors (Lipinski definition) is 0. The van der Waals surface area contributed by atoms with Crippen molar-refractivity contribution in [2.24, 2.45) is 12.0 Å². The molecule has 5 aromatic rings. The highest BCUT2D eigenvalue weighted by Gasteiger charge is 2.20. The van der Waals surface area contributed by atoms with Crippen LogP contribution in [-0.4, -0.2) is 10.3 Å². The van der Waals surface area contributed by atoms with Crippen LogP contribution in [0.25, 0.3) is 33.7 Å². The zero-order valence-corrected chi connectivity index (χ0v) is 19.9. The molecule has 0 saturated carbocycles. The molecule has 1 aliphatic heterocycles. The third-order valence-corrected chi connectivity index (χ3v) is 6.71. The highest BCUT2D eigenvalue weighted by Crippen LogP contribution is 2.37. The average molecular weight is 451 g/mol. The number of aromatic nitrogens is 1. The normalized spacial score (nSPS) is 14.4. The highest BCUT2D eigenvalue weighted by atomic mass is 15.0. The second-order valence-electron chi connectivity index (χ2n) is 9.02. The first-order valence-electron chi connectivity index (χ1n) is 12.0. The fourth-order valence-electron chi connectivity index (χ4n) is 4.91. The van der Waals surface area contributed by atoms with Gasteiger partial charge in [-0.25, -0.2) is 4.99 Å². The van der Waals surface area contributed by atoms with Crippen molar-refractivity contribution in [1.82, 2.24) is 4.57 Å². The number of nitrogens with zero attached hydrogens (tertiary/aromatic N) is 2. The van der Waals surface area contributed by atoms with Crippen LogP contribution in [0, 0.1) is 6.92 Å². The van der Waals surface area contributed by atoms with E-state index in [2.05, 4.69) is 134 Å². The minimum atomic E-state index is 0.983. The first-order valence-corrected chi connectivity index (χ1v) is 12.0. The van der Waals surface area contributed by atoms with Crippen LogP contribution in [0.1, 0.15) is 22.4 Å². The van der Waals surface area contributed by atoms with E-state index in [-0.39, 0.29) is 0 Å². The minimum absolute atomic E-state index is 0.983. The summed E-state index contributed by atoms with van der Waals surface area (Å²) < 4.78 is 2.31. The van der Waals surface area contributed by atoms with Crippen LogP contribution in [0.2, 0.25) is 0 Å². The van der Waals surface area contributed by atoms with Gasteiger partial charge < -0.3 is 4.57 Å². The number of aryl methyl sites for hydroxylation is 1. The Morgan fingerprint density at radius 2 is 1.23 bits per heavy atom. The lowest BCUT2D eigenvalue weighted by Gasteiger charge is -2.08. The van der Waals surface area contributed by atoms with Gasteiger partial charge in [0.2, 0.25) is 0 Å². The van der Waals surface area contributed by atoms with Gasteiger partial charge in [0.1, 0.15) is 0 Å². The molecule has 0 bridgehead atoms. The molecule has 6 rings (SSSR count). The van der Waals surface area contributed by atoms with E-state index < -0.39 is 0 Å². The topological polar surface area (TPSA) is 17.3 Å². The molecule has 2 heteroatoms.